The molecule has 1 N–H and O–H groups in total. The smallest absolute Gasteiger partial charge is 0.410 e. The van der Waals surface area contributed by atoms with Crippen LogP contribution in [0.2, 0.25) is 0 Å². The summed E-state index contributed by atoms with van der Waals surface area (Å²) in [6.45, 7) is 9.44. The maximum atomic E-state index is 12.0. The van der Waals surface area contributed by atoms with Gasteiger partial charge in [-0.1, -0.05) is 0 Å². The van der Waals surface area contributed by atoms with E-state index >= 15 is 0 Å². The van der Waals surface area contributed by atoms with Crippen LogP contribution in [0.5, 0.6) is 0 Å². The lowest BCUT2D eigenvalue weighted by molar-refractivity contribution is -0.145. The third kappa shape index (κ3) is 6.85. The monoisotopic (exact) mass is 329 g/mol. The average Bonchev–Trinajstić information content (AvgIpc) is 2.44. The standard InChI is InChI=1S/C15H27N3O5/c1-11(19)16-12(13(20)22-5)10-17-6-8-18(9-7-17)14(21)23-15(2,3)4/h12H,6-10H2,1-5H3,(H,16,19). The molecule has 0 bridgehead atoms. The number of methoxy groups -OCH3 is 1. The molecule has 2 amide bonds. The molecule has 0 radical (unpaired) electrons. The number of rotatable bonds is 4. The lowest BCUT2D eigenvalue weighted by Gasteiger charge is -2.36. The van der Waals surface area contributed by atoms with E-state index in [4.69, 9.17) is 9.47 Å². The van der Waals surface area contributed by atoms with Gasteiger partial charge in [0, 0.05) is 39.6 Å². The molecule has 0 spiro atoms. The molecule has 1 unspecified atom stereocenters. The number of carbonyl (C=O) groups excluding carboxylic acids is 3. The predicted molar refractivity (Wildman–Crippen MR) is 83.9 cm³/mol. The normalized spacial score (nSPS) is 17.3. The molecule has 0 aromatic heterocycles. The Labute approximate surface area is 137 Å². The predicted octanol–water partition coefficient (Wildman–Crippen LogP) is 0.217. The van der Waals surface area contributed by atoms with Crippen molar-refractivity contribution in [3.63, 3.8) is 0 Å². The molecule has 132 valence electrons. The fourth-order valence-electron chi connectivity index (χ4n) is 2.26. The zero-order chi connectivity index (χ0) is 17.6. The van der Waals surface area contributed by atoms with Crippen LogP contribution in [0.3, 0.4) is 0 Å². The SMILES string of the molecule is COC(=O)C(CN1CCN(C(=O)OC(C)(C)C)CC1)NC(C)=O. The van der Waals surface area contributed by atoms with Gasteiger partial charge in [0.25, 0.3) is 0 Å². The maximum absolute atomic E-state index is 12.0. The first-order valence-electron chi connectivity index (χ1n) is 7.67. The second-order valence-corrected chi connectivity index (χ2v) is 6.54. The zero-order valence-electron chi connectivity index (χ0n) is 14.5. The first kappa shape index (κ1) is 19.2. The van der Waals surface area contributed by atoms with E-state index < -0.39 is 17.6 Å². The number of nitrogens with zero attached hydrogens (tertiary/aromatic N) is 2. The number of piperazine rings is 1. The van der Waals surface area contributed by atoms with Crippen molar-refractivity contribution in [2.24, 2.45) is 0 Å². The van der Waals surface area contributed by atoms with Gasteiger partial charge in [0.15, 0.2) is 0 Å². The van der Waals surface area contributed by atoms with Gasteiger partial charge in [-0.15, -0.1) is 0 Å². The fraction of sp³-hybridized carbons (Fsp3) is 0.800. The van der Waals surface area contributed by atoms with E-state index in [1.807, 2.05) is 25.7 Å². The summed E-state index contributed by atoms with van der Waals surface area (Å²) >= 11 is 0. The highest BCUT2D eigenvalue weighted by atomic mass is 16.6. The third-order valence-corrected chi connectivity index (χ3v) is 3.33. The van der Waals surface area contributed by atoms with Crippen LogP contribution in [0, 0.1) is 0 Å². The van der Waals surface area contributed by atoms with Crippen LogP contribution in [0.15, 0.2) is 0 Å². The number of esters is 1. The molecule has 0 saturated carbocycles. The second kappa shape index (κ2) is 8.14. The van der Waals surface area contributed by atoms with Crippen molar-refractivity contribution in [2.75, 3.05) is 39.8 Å². The van der Waals surface area contributed by atoms with Crippen molar-refractivity contribution in [3.8, 4) is 0 Å². The molecule has 1 heterocycles. The molecule has 1 rings (SSSR count). The topological polar surface area (TPSA) is 88.2 Å². The number of hydrogen-bond donors (Lipinski definition) is 1. The van der Waals surface area contributed by atoms with Gasteiger partial charge in [0.05, 0.1) is 7.11 Å². The summed E-state index contributed by atoms with van der Waals surface area (Å²) in [5.41, 5.74) is -0.518. The molecule has 1 aliphatic rings. The first-order chi connectivity index (χ1) is 10.6. The van der Waals surface area contributed by atoms with Crippen molar-refractivity contribution < 1.29 is 23.9 Å². The highest BCUT2D eigenvalue weighted by Gasteiger charge is 2.29. The molecule has 1 atom stereocenters. The van der Waals surface area contributed by atoms with Crippen LogP contribution in [0.25, 0.3) is 0 Å². The van der Waals surface area contributed by atoms with Gasteiger partial charge >= 0.3 is 12.1 Å². The van der Waals surface area contributed by atoms with Crippen LogP contribution in [-0.4, -0.2) is 79.2 Å². The van der Waals surface area contributed by atoms with Gasteiger partial charge < -0.3 is 19.7 Å². The number of amides is 2. The molecule has 0 aromatic rings. The van der Waals surface area contributed by atoms with Crippen molar-refractivity contribution in [1.82, 2.24) is 15.1 Å². The van der Waals surface area contributed by atoms with Crippen LogP contribution in [0.4, 0.5) is 4.79 Å². The Morgan fingerprint density at radius 2 is 1.70 bits per heavy atom. The Morgan fingerprint density at radius 1 is 1.13 bits per heavy atom. The van der Waals surface area contributed by atoms with E-state index in [2.05, 4.69) is 5.32 Å². The number of nitrogens with one attached hydrogen (secondary N) is 1. The molecular weight excluding hydrogens is 302 g/mol. The molecule has 8 nitrogen and oxygen atoms in total. The molecule has 1 fully saturated rings. The molecule has 0 aromatic carbocycles. The minimum Gasteiger partial charge on any atom is -0.467 e. The Morgan fingerprint density at radius 3 is 2.13 bits per heavy atom. The Hall–Kier alpha value is -1.83. The summed E-state index contributed by atoms with van der Waals surface area (Å²) in [5.74, 6) is -0.762. The van der Waals surface area contributed by atoms with Gasteiger partial charge in [-0.3, -0.25) is 9.69 Å². The van der Waals surface area contributed by atoms with Gasteiger partial charge in [0.1, 0.15) is 11.6 Å². The molecular formula is C15H27N3O5. The number of hydrogen-bond acceptors (Lipinski definition) is 6. The second-order valence-electron chi connectivity index (χ2n) is 6.54. The quantitative estimate of drug-likeness (QED) is 0.742. The summed E-state index contributed by atoms with van der Waals surface area (Å²) in [6, 6.07) is -0.703. The molecule has 8 heteroatoms. The highest BCUT2D eigenvalue weighted by molar-refractivity contribution is 5.83. The molecule has 1 aliphatic heterocycles. The summed E-state index contributed by atoms with van der Waals surface area (Å²) < 4.78 is 10.0. The molecule has 1 saturated heterocycles. The van der Waals surface area contributed by atoms with Gasteiger partial charge in [-0.25, -0.2) is 9.59 Å². The van der Waals surface area contributed by atoms with Crippen LogP contribution >= 0.6 is 0 Å². The third-order valence-electron chi connectivity index (χ3n) is 3.33. The van der Waals surface area contributed by atoms with E-state index in [0.29, 0.717) is 32.7 Å². The van der Waals surface area contributed by atoms with Crippen molar-refractivity contribution in [2.45, 2.75) is 39.3 Å². The molecule has 0 aliphatic carbocycles. The highest BCUT2D eigenvalue weighted by Crippen LogP contribution is 2.12. The van der Waals surface area contributed by atoms with Crippen LogP contribution in [0.1, 0.15) is 27.7 Å². The van der Waals surface area contributed by atoms with Crippen LogP contribution < -0.4 is 5.32 Å². The maximum Gasteiger partial charge on any atom is 0.410 e. The van der Waals surface area contributed by atoms with E-state index in [-0.39, 0.29) is 12.0 Å². The van der Waals surface area contributed by atoms with Crippen LogP contribution in [-0.2, 0) is 19.1 Å². The van der Waals surface area contributed by atoms with E-state index in [1.165, 1.54) is 14.0 Å². The van der Waals surface area contributed by atoms with Crippen molar-refractivity contribution in [3.05, 3.63) is 0 Å². The average molecular weight is 329 g/mol. The largest absolute Gasteiger partial charge is 0.467 e. The summed E-state index contributed by atoms with van der Waals surface area (Å²) in [7, 11) is 1.29. The molecule has 23 heavy (non-hydrogen) atoms. The Balaban J connectivity index is 2.50. The van der Waals surface area contributed by atoms with E-state index in [0.717, 1.165) is 0 Å². The van der Waals surface area contributed by atoms with Gasteiger partial charge in [0.2, 0.25) is 5.91 Å². The van der Waals surface area contributed by atoms with Crippen molar-refractivity contribution >= 4 is 18.0 Å². The Bertz CT molecular complexity index is 439. The van der Waals surface area contributed by atoms with Crippen molar-refractivity contribution in [1.29, 1.82) is 0 Å². The van der Waals surface area contributed by atoms with E-state index in [9.17, 15) is 14.4 Å². The van der Waals surface area contributed by atoms with Gasteiger partial charge in [-0.2, -0.15) is 0 Å². The summed E-state index contributed by atoms with van der Waals surface area (Å²) in [4.78, 5) is 38.5. The number of carbonyl (C=O) groups is 3. The van der Waals surface area contributed by atoms with E-state index in [1.54, 1.807) is 4.90 Å². The fourth-order valence-corrected chi connectivity index (χ4v) is 2.26. The minimum atomic E-state index is -0.703. The Kier molecular flexibility index (Phi) is 6.80. The lowest BCUT2D eigenvalue weighted by atomic mass is 10.2. The lowest BCUT2D eigenvalue weighted by Crippen LogP contribution is -2.55. The van der Waals surface area contributed by atoms with Gasteiger partial charge in [-0.05, 0) is 20.8 Å². The summed E-state index contributed by atoms with van der Waals surface area (Å²) in [6.07, 6.45) is -0.330. The number of ether oxygens (including phenoxy) is 2. The first-order valence-corrected chi connectivity index (χ1v) is 7.67. The summed E-state index contributed by atoms with van der Waals surface area (Å²) in [5, 5.41) is 2.58. The minimum absolute atomic E-state index is 0.284. The zero-order valence-corrected chi connectivity index (χ0v) is 14.5.